The predicted octanol–water partition coefficient (Wildman–Crippen LogP) is 2.64. The van der Waals surface area contributed by atoms with Crippen LogP contribution in [0, 0.1) is 29.0 Å². The molecular formula is C23H25FN4O3. The summed E-state index contributed by atoms with van der Waals surface area (Å²) in [5, 5.41) is 17.0. The molecule has 4 atom stereocenters. The van der Waals surface area contributed by atoms with Crippen molar-refractivity contribution in [3.8, 4) is 17.2 Å². The standard InChI is InChI=1S/C23H25FN4O3/c1-31-22(30)13-28-12-18(11-26-28)15-2-3-16(20(24)9-15)6-14(10-25)7-21(29)23-17-4-5-19(8-17)27-23/h2-3,9,11-12,14,17,19,23,27H,4-8,13H2,1H3/t14-,17+,19-,23+/m1/s1. The Morgan fingerprint density at radius 2 is 2.23 bits per heavy atom. The fraction of sp³-hybridized carbons (Fsp3) is 0.478. The summed E-state index contributed by atoms with van der Waals surface area (Å²) in [5.74, 6) is -0.962. The highest BCUT2D eigenvalue weighted by atomic mass is 19.1. The number of halogens is 1. The number of nitrogens with one attached hydrogen (secondary N) is 1. The highest BCUT2D eigenvalue weighted by Crippen LogP contribution is 2.36. The molecule has 2 heterocycles. The molecule has 162 valence electrons. The first-order valence-electron chi connectivity index (χ1n) is 10.5. The first-order valence-corrected chi connectivity index (χ1v) is 10.5. The average molecular weight is 424 g/mol. The van der Waals surface area contributed by atoms with Crippen LogP contribution in [0.4, 0.5) is 4.39 Å². The second-order valence-corrected chi connectivity index (χ2v) is 8.42. The van der Waals surface area contributed by atoms with Crippen LogP contribution < -0.4 is 5.32 Å². The van der Waals surface area contributed by atoms with Gasteiger partial charge in [-0.2, -0.15) is 10.4 Å². The van der Waals surface area contributed by atoms with Crippen LogP contribution in [0.25, 0.3) is 11.1 Å². The summed E-state index contributed by atoms with van der Waals surface area (Å²) in [4.78, 5) is 24.0. The van der Waals surface area contributed by atoms with E-state index in [4.69, 9.17) is 0 Å². The SMILES string of the molecule is COC(=O)Cn1cc(-c2ccc(C[C@@H](C#N)CC(=O)[C@H]3N[C@@H]4CC[C@H]3C4)c(F)c2)cn1. The number of ketones is 1. The van der Waals surface area contributed by atoms with Gasteiger partial charge in [0.05, 0.1) is 31.3 Å². The predicted molar refractivity (Wildman–Crippen MR) is 110 cm³/mol. The number of fused-ring (bicyclic) bond motifs is 2. The van der Waals surface area contributed by atoms with E-state index in [2.05, 4.69) is 21.2 Å². The summed E-state index contributed by atoms with van der Waals surface area (Å²) in [7, 11) is 1.30. The van der Waals surface area contributed by atoms with E-state index in [9.17, 15) is 19.2 Å². The van der Waals surface area contributed by atoms with Crippen LogP contribution in [-0.2, 0) is 27.3 Å². The second-order valence-electron chi connectivity index (χ2n) is 8.42. The number of rotatable bonds is 8. The van der Waals surface area contributed by atoms with Crippen LogP contribution >= 0.6 is 0 Å². The van der Waals surface area contributed by atoms with E-state index in [-0.39, 0.29) is 31.2 Å². The Balaban J connectivity index is 1.40. The third-order valence-electron chi connectivity index (χ3n) is 6.34. The van der Waals surface area contributed by atoms with E-state index in [0.717, 1.165) is 19.3 Å². The smallest absolute Gasteiger partial charge is 0.327 e. The normalized spacial score (nSPS) is 22.8. The minimum absolute atomic E-state index is 0.0214. The molecule has 0 unspecified atom stereocenters. The van der Waals surface area contributed by atoms with Crippen molar-refractivity contribution in [3.63, 3.8) is 0 Å². The third kappa shape index (κ3) is 4.67. The number of benzene rings is 1. The topological polar surface area (TPSA) is 97.0 Å². The number of hydrogen-bond donors (Lipinski definition) is 1. The molecule has 1 N–H and O–H groups in total. The molecule has 1 aromatic carbocycles. The summed E-state index contributed by atoms with van der Waals surface area (Å²) in [5.41, 5.74) is 1.70. The molecule has 4 rings (SSSR count). The van der Waals surface area contributed by atoms with Gasteiger partial charge in [-0.25, -0.2) is 4.39 Å². The van der Waals surface area contributed by atoms with Gasteiger partial charge in [0, 0.05) is 24.2 Å². The first kappa shape index (κ1) is 21.2. The molecule has 0 amide bonds. The number of ether oxygens (including phenoxy) is 1. The van der Waals surface area contributed by atoms with Crippen LogP contribution in [-0.4, -0.2) is 40.7 Å². The Hall–Kier alpha value is -3.05. The van der Waals surface area contributed by atoms with Crippen molar-refractivity contribution in [1.29, 1.82) is 5.26 Å². The van der Waals surface area contributed by atoms with Gasteiger partial charge in [0.1, 0.15) is 12.4 Å². The van der Waals surface area contributed by atoms with Gasteiger partial charge in [0.15, 0.2) is 5.78 Å². The number of esters is 1. The number of hydrogen-bond acceptors (Lipinski definition) is 6. The van der Waals surface area contributed by atoms with Gasteiger partial charge in [-0.3, -0.25) is 14.3 Å². The van der Waals surface area contributed by atoms with Crippen LogP contribution in [0.5, 0.6) is 0 Å². The maximum atomic E-state index is 14.8. The van der Waals surface area contributed by atoms with Crippen molar-refractivity contribution >= 4 is 11.8 Å². The molecule has 1 saturated carbocycles. The Morgan fingerprint density at radius 3 is 2.87 bits per heavy atom. The van der Waals surface area contributed by atoms with E-state index < -0.39 is 17.7 Å². The van der Waals surface area contributed by atoms with E-state index in [0.29, 0.717) is 28.7 Å². The lowest BCUT2D eigenvalue weighted by atomic mass is 9.88. The van der Waals surface area contributed by atoms with E-state index in [1.54, 1.807) is 24.5 Å². The van der Waals surface area contributed by atoms with E-state index >= 15 is 0 Å². The lowest BCUT2D eigenvalue weighted by Gasteiger charge is -2.22. The number of methoxy groups -OCH3 is 1. The Labute approximate surface area is 180 Å². The van der Waals surface area contributed by atoms with Gasteiger partial charge in [0.2, 0.25) is 0 Å². The summed E-state index contributed by atoms with van der Waals surface area (Å²) in [6.07, 6.45) is 6.75. The molecular weight excluding hydrogens is 399 g/mol. The van der Waals surface area contributed by atoms with Crippen molar-refractivity contribution in [3.05, 3.63) is 42.0 Å². The minimum Gasteiger partial charge on any atom is -0.468 e. The van der Waals surface area contributed by atoms with E-state index in [1.807, 2.05) is 0 Å². The number of nitrogens with zero attached hydrogens (tertiary/aromatic N) is 3. The Morgan fingerprint density at radius 1 is 1.39 bits per heavy atom. The molecule has 1 aliphatic heterocycles. The fourth-order valence-corrected chi connectivity index (χ4v) is 4.70. The van der Waals surface area contributed by atoms with Gasteiger partial charge in [0.25, 0.3) is 0 Å². The van der Waals surface area contributed by atoms with Crippen LogP contribution in [0.1, 0.15) is 31.2 Å². The quantitative estimate of drug-likeness (QED) is 0.655. The van der Waals surface area contributed by atoms with Crippen LogP contribution in [0.3, 0.4) is 0 Å². The summed E-state index contributed by atoms with van der Waals surface area (Å²) >= 11 is 0. The molecule has 7 nitrogen and oxygen atoms in total. The first-order chi connectivity index (χ1) is 15.0. The summed E-state index contributed by atoms with van der Waals surface area (Å²) < 4.78 is 20.8. The molecule has 1 aromatic heterocycles. The van der Waals surface area contributed by atoms with Gasteiger partial charge in [-0.05, 0) is 48.8 Å². The highest BCUT2D eigenvalue weighted by Gasteiger charge is 2.42. The monoisotopic (exact) mass is 424 g/mol. The number of aromatic nitrogens is 2. The number of carbonyl (C=O) groups is 2. The highest BCUT2D eigenvalue weighted by molar-refractivity contribution is 5.85. The zero-order chi connectivity index (χ0) is 22.0. The third-order valence-corrected chi connectivity index (χ3v) is 6.34. The summed E-state index contributed by atoms with van der Waals surface area (Å²) in [6, 6.07) is 7.25. The Kier molecular flexibility index (Phi) is 6.14. The second kappa shape index (κ2) is 8.98. The molecule has 2 fully saturated rings. The van der Waals surface area contributed by atoms with Gasteiger partial charge in [-0.15, -0.1) is 0 Å². The number of Topliss-reactive ketones (excluding diaryl/α,β-unsaturated/α-hetero) is 1. The van der Waals surface area contributed by atoms with Gasteiger partial charge >= 0.3 is 5.97 Å². The van der Waals surface area contributed by atoms with Crippen molar-refractivity contribution in [1.82, 2.24) is 15.1 Å². The average Bonchev–Trinajstić information content (AvgIpc) is 3.51. The van der Waals surface area contributed by atoms with Crippen molar-refractivity contribution < 1.29 is 18.7 Å². The number of piperidine rings is 1. The maximum absolute atomic E-state index is 14.8. The Bertz CT molecular complexity index is 1030. The van der Waals surface area contributed by atoms with E-state index in [1.165, 1.54) is 17.9 Å². The van der Waals surface area contributed by atoms with Crippen molar-refractivity contribution in [2.24, 2.45) is 11.8 Å². The molecule has 8 heteroatoms. The molecule has 0 spiro atoms. The number of carbonyl (C=O) groups excluding carboxylic acids is 2. The zero-order valence-corrected chi connectivity index (χ0v) is 17.4. The van der Waals surface area contributed by atoms with Crippen LogP contribution in [0.15, 0.2) is 30.6 Å². The van der Waals surface area contributed by atoms with Crippen LogP contribution in [0.2, 0.25) is 0 Å². The molecule has 0 radical (unpaired) electrons. The summed E-state index contributed by atoms with van der Waals surface area (Å²) in [6.45, 7) is -0.0214. The molecule has 2 bridgehead atoms. The fourth-order valence-electron chi connectivity index (χ4n) is 4.70. The van der Waals surface area contributed by atoms with Gasteiger partial charge in [-0.1, -0.05) is 12.1 Å². The molecule has 2 aliphatic rings. The largest absolute Gasteiger partial charge is 0.468 e. The number of nitriles is 1. The van der Waals surface area contributed by atoms with Gasteiger partial charge < -0.3 is 10.1 Å². The minimum atomic E-state index is -0.559. The lowest BCUT2D eigenvalue weighted by Crippen LogP contribution is -2.42. The van der Waals surface area contributed by atoms with Crippen molar-refractivity contribution in [2.75, 3.05) is 7.11 Å². The molecule has 1 saturated heterocycles. The zero-order valence-electron chi connectivity index (χ0n) is 17.4. The van der Waals surface area contributed by atoms with Crippen molar-refractivity contribution in [2.45, 2.75) is 50.7 Å². The molecule has 2 aromatic rings. The maximum Gasteiger partial charge on any atom is 0.327 e. The molecule has 1 aliphatic carbocycles. The molecule has 31 heavy (non-hydrogen) atoms. The lowest BCUT2D eigenvalue weighted by molar-refractivity contribution is -0.141.